The summed E-state index contributed by atoms with van der Waals surface area (Å²) in [7, 11) is 0. The summed E-state index contributed by atoms with van der Waals surface area (Å²) in [5.41, 5.74) is 1.05. The molecule has 2 amide bonds. The maximum Gasteiger partial charge on any atom is 0.230 e. The van der Waals surface area contributed by atoms with Gasteiger partial charge in [0.2, 0.25) is 11.8 Å². The van der Waals surface area contributed by atoms with E-state index in [0.717, 1.165) is 12.1 Å². The first kappa shape index (κ1) is 10.9. The number of nitrogens with zero attached hydrogens (tertiary/aromatic N) is 2. The van der Waals surface area contributed by atoms with Gasteiger partial charge < -0.3 is 0 Å². The Labute approximate surface area is 93.8 Å². The van der Waals surface area contributed by atoms with Crippen molar-refractivity contribution in [3.63, 3.8) is 0 Å². The molecular formula is C11H15N3O2. The number of carbonyl (C=O) groups excluding carboxylic acids is 2. The van der Waals surface area contributed by atoms with E-state index in [1.54, 1.807) is 6.20 Å². The topological polar surface area (TPSA) is 64.0 Å². The molecule has 0 aromatic carbocycles. The molecule has 1 aliphatic rings. The summed E-state index contributed by atoms with van der Waals surface area (Å²) >= 11 is 0. The molecule has 0 spiro atoms. The molecular weight excluding hydrogens is 206 g/mol. The molecule has 2 heterocycles. The second kappa shape index (κ2) is 4.47. The van der Waals surface area contributed by atoms with Crippen molar-refractivity contribution in [2.24, 2.45) is 5.92 Å². The van der Waals surface area contributed by atoms with Crippen molar-refractivity contribution >= 4 is 11.8 Å². The van der Waals surface area contributed by atoms with Gasteiger partial charge in [-0.3, -0.25) is 19.6 Å². The number of aromatic nitrogens is 2. The highest BCUT2D eigenvalue weighted by atomic mass is 16.2. The van der Waals surface area contributed by atoms with Crippen LogP contribution in [0, 0.1) is 5.92 Å². The first-order valence-electron chi connectivity index (χ1n) is 5.54. The number of carbonyl (C=O) groups is 2. The minimum absolute atomic E-state index is 0.0905. The Bertz CT molecular complexity index is 411. The molecule has 5 nitrogen and oxygen atoms in total. The summed E-state index contributed by atoms with van der Waals surface area (Å²) in [6.07, 6.45) is 5.48. The third-order valence-electron chi connectivity index (χ3n) is 2.85. The zero-order valence-corrected chi connectivity index (χ0v) is 9.27. The monoisotopic (exact) mass is 221 g/mol. The second-order valence-electron chi connectivity index (χ2n) is 4.06. The summed E-state index contributed by atoms with van der Waals surface area (Å²) in [4.78, 5) is 22.5. The Hall–Kier alpha value is -1.65. The lowest BCUT2D eigenvalue weighted by atomic mass is 9.92. The van der Waals surface area contributed by atoms with Gasteiger partial charge in [0, 0.05) is 25.1 Å². The predicted octanol–water partition coefficient (Wildman–Crippen LogP) is 0.498. The van der Waals surface area contributed by atoms with Crippen LogP contribution in [0.3, 0.4) is 0 Å². The van der Waals surface area contributed by atoms with Crippen LogP contribution in [0.4, 0.5) is 0 Å². The zero-order chi connectivity index (χ0) is 11.5. The lowest BCUT2D eigenvalue weighted by Crippen LogP contribution is -2.41. The van der Waals surface area contributed by atoms with E-state index in [1.807, 2.05) is 17.8 Å². The van der Waals surface area contributed by atoms with E-state index < -0.39 is 0 Å². The number of nitrogens with one attached hydrogen (secondary N) is 1. The van der Waals surface area contributed by atoms with Gasteiger partial charge in [0.25, 0.3) is 0 Å². The average Bonchev–Trinajstić information content (AvgIpc) is 2.70. The maximum absolute atomic E-state index is 11.5. The summed E-state index contributed by atoms with van der Waals surface area (Å²) in [5.74, 6) is -0.404. The van der Waals surface area contributed by atoms with Gasteiger partial charge in [-0.05, 0) is 25.3 Å². The van der Waals surface area contributed by atoms with E-state index in [-0.39, 0.29) is 17.7 Å². The van der Waals surface area contributed by atoms with Crippen LogP contribution in [0.25, 0.3) is 0 Å². The fourth-order valence-corrected chi connectivity index (χ4v) is 1.90. The highest BCUT2D eigenvalue weighted by Gasteiger charge is 2.26. The molecule has 5 heteroatoms. The van der Waals surface area contributed by atoms with E-state index in [2.05, 4.69) is 10.4 Å². The molecule has 1 aliphatic heterocycles. The molecule has 2 rings (SSSR count). The fourth-order valence-electron chi connectivity index (χ4n) is 1.90. The number of hydrogen-bond donors (Lipinski definition) is 1. The molecule has 0 aliphatic carbocycles. The first-order chi connectivity index (χ1) is 7.69. The summed E-state index contributed by atoms with van der Waals surface area (Å²) in [6.45, 7) is 2.85. The third kappa shape index (κ3) is 2.29. The van der Waals surface area contributed by atoms with E-state index in [0.29, 0.717) is 19.3 Å². The van der Waals surface area contributed by atoms with E-state index in [1.165, 1.54) is 0 Å². The average molecular weight is 221 g/mol. The fraction of sp³-hybridized carbons (Fsp3) is 0.545. The zero-order valence-electron chi connectivity index (χ0n) is 9.27. The van der Waals surface area contributed by atoms with Gasteiger partial charge in [0.05, 0.1) is 6.20 Å². The molecule has 1 N–H and O–H groups in total. The highest BCUT2D eigenvalue weighted by molar-refractivity contribution is 5.98. The number of hydrogen-bond acceptors (Lipinski definition) is 3. The standard InChI is InChI=1S/C11H15N3O2/c1-2-14-7-8(6-12-14)5-9-3-4-10(15)13-11(9)16/h6-7,9H,2-5H2,1H3,(H,13,15,16). The Morgan fingerprint density at radius 1 is 1.56 bits per heavy atom. The third-order valence-corrected chi connectivity index (χ3v) is 2.85. The van der Waals surface area contributed by atoms with Crippen molar-refractivity contribution in [3.8, 4) is 0 Å². The lowest BCUT2D eigenvalue weighted by molar-refractivity contribution is -0.136. The van der Waals surface area contributed by atoms with E-state index >= 15 is 0 Å². The quantitative estimate of drug-likeness (QED) is 0.756. The minimum Gasteiger partial charge on any atom is -0.296 e. The minimum atomic E-state index is -0.162. The number of amides is 2. The largest absolute Gasteiger partial charge is 0.296 e. The first-order valence-corrected chi connectivity index (χ1v) is 5.54. The second-order valence-corrected chi connectivity index (χ2v) is 4.06. The molecule has 1 saturated heterocycles. The molecule has 1 aromatic heterocycles. The van der Waals surface area contributed by atoms with Crippen molar-refractivity contribution < 1.29 is 9.59 Å². The number of imide groups is 1. The van der Waals surface area contributed by atoms with Crippen LogP contribution >= 0.6 is 0 Å². The van der Waals surface area contributed by atoms with Crippen LogP contribution in [0.2, 0.25) is 0 Å². The van der Waals surface area contributed by atoms with E-state index in [9.17, 15) is 9.59 Å². The predicted molar refractivity (Wildman–Crippen MR) is 57.5 cm³/mol. The molecule has 0 saturated carbocycles. The highest BCUT2D eigenvalue weighted by Crippen LogP contribution is 2.17. The Balaban J connectivity index is 1.99. The van der Waals surface area contributed by atoms with Crippen LogP contribution < -0.4 is 5.32 Å². The van der Waals surface area contributed by atoms with Gasteiger partial charge in [0.1, 0.15) is 0 Å². The smallest absolute Gasteiger partial charge is 0.230 e. The molecule has 0 bridgehead atoms. The molecule has 86 valence electrons. The van der Waals surface area contributed by atoms with Crippen LogP contribution in [0.5, 0.6) is 0 Å². The maximum atomic E-state index is 11.5. The molecule has 1 fully saturated rings. The van der Waals surface area contributed by atoms with Crippen molar-refractivity contribution in [1.82, 2.24) is 15.1 Å². The SMILES string of the molecule is CCn1cc(CC2CCC(=O)NC2=O)cn1. The van der Waals surface area contributed by atoms with Crippen LogP contribution in [0.15, 0.2) is 12.4 Å². The molecule has 1 atom stereocenters. The van der Waals surface area contributed by atoms with Crippen LogP contribution in [-0.2, 0) is 22.6 Å². The Morgan fingerprint density at radius 3 is 3.00 bits per heavy atom. The van der Waals surface area contributed by atoms with Crippen molar-refractivity contribution in [3.05, 3.63) is 18.0 Å². The van der Waals surface area contributed by atoms with Gasteiger partial charge in [-0.2, -0.15) is 5.10 Å². The van der Waals surface area contributed by atoms with Gasteiger partial charge in [0.15, 0.2) is 0 Å². The van der Waals surface area contributed by atoms with Gasteiger partial charge in [-0.1, -0.05) is 0 Å². The number of aryl methyl sites for hydroxylation is 1. The number of rotatable bonds is 3. The molecule has 16 heavy (non-hydrogen) atoms. The summed E-state index contributed by atoms with van der Waals surface area (Å²) < 4.78 is 1.83. The van der Waals surface area contributed by atoms with Gasteiger partial charge in [-0.25, -0.2) is 0 Å². The molecule has 1 aromatic rings. The van der Waals surface area contributed by atoms with Crippen LogP contribution in [0.1, 0.15) is 25.3 Å². The van der Waals surface area contributed by atoms with Crippen molar-refractivity contribution in [1.29, 1.82) is 0 Å². The van der Waals surface area contributed by atoms with Crippen molar-refractivity contribution in [2.45, 2.75) is 32.7 Å². The summed E-state index contributed by atoms with van der Waals surface area (Å²) in [5, 5.41) is 6.52. The summed E-state index contributed by atoms with van der Waals surface area (Å²) in [6, 6.07) is 0. The van der Waals surface area contributed by atoms with Gasteiger partial charge >= 0.3 is 0 Å². The van der Waals surface area contributed by atoms with Crippen molar-refractivity contribution in [2.75, 3.05) is 0 Å². The van der Waals surface area contributed by atoms with E-state index in [4.69, 9.17) is 0 Å². The van der Waals surface area contributed by atoms with Gasteiger partial charge in [-0.15, -0.1) is 0 Å². The molecule has 1 unspecified atom stereocenters. The normalized spacial score (nSPS) is 20.9. The number of piperidine rings is 1. The Morgan fingerprint density at radius 2 is 2.38 bits per heavy atom. The molecule has 0 radical (unpaired) electrons. The van der Waals surface area contributed by atoms with Crippen LogP contribution in [-0.4, -0.2) is 21.6 Å². The Kier molecular flexibility index (Phi) is 3.03. The lowest BCUT2D eigenvalue weighted by Gasteiger charge is -2.19.